The zero-order valence-corrected chi connectivity index (χ0v) is 22.6. The largest absolute Gasteiger partial charge is 0.444 e. The van der Waals surface area contributed by atoms with E-state index in [-0.39, 0.29) is 24.2 Å². The Hall–Kier alpha value is -3.40. The number of carbonyl (C=O) groups is 2. The summed E-state index contributed by atoms with van der Waals surface area (Å²) in [6.45, 7) is 14.7. The van der Waals surface area contributed by atoms with Crippen LogP contribution in [-0.4, -0.2) is 71.5 Å². The minimum absolute atomic E-state index is 0.170. The molecule has 200 valence electrons. The number of hydrogen-bond acceptors (Lipinski definition) is 7. The van der Waals surface area contributed by atoms with Crippen LogP contribution in [0.15, 0.2) is 24.3 Å². The van der Waals surface area contributed by atoms with Crippen molar-refractivity contribution in [1.29, 1.82) is 0 Å². The Bertz CT molecular complexity index is 1130. The molecule has 37 heavy (non-hydrogen) atoms. The fraction of sp³-hybridized carbons (Fsp3) is 0.556. The Morgan fingerprint density at radius 1 is 1.14 bits per heavy atom. The summed E-state index contributed by atoms with van der Waals surface area (Å²) in [5.74, 6) is 1.48. The molecule has 1 aromatic heterocycles. The van der Waals surface area contributed by atoms with Gasteiger partial charge in [0.2, 0.25) is 0 Å². The topological polar surface area (TPSA) is 109 Å². The van der Waals surface area contributed by atoms with Gasteiger partial charge >= 0.3 is 12.1 Å². The SMILES string of the molecule is CCNC(=O)Nc1ccc(-c2nc3c(c(N4CCOC[C@@H]4C)n2)CCN(C(=O)OC(C)(C)C)[C@@H]3C)cc1. The number of benzene rings is 1. The van der Waals surface area contributed by atoms with Gasteiger partial charge in [0.1, 0.15) is 11.4 Å². The summed E-state index contributed by atoms with van der Waals surface area (Å²) >= 11 is 0. The average Bonchev–Trinajstić information content (AvgIpc) is 2.84. The molecular formula is C27H38N6O4. The van der Waals surface area contributed by atoms with E-state index in [4.69, 9.17) is 19.4 Å². The monoisotopic (exact) mass is 510 g/mol. The maximum absolute atomic E-state index is 13.0. The van der Waals surface area contributed by atoms with Gasteiger partial charge in [0, 0.05) is 36.4 Å². The number of nitrogens with one attached hydrogen (secondary N) is 2. The van der Waals surface area contributed by atoms with Crippen molar-refractivity contribution in [2.75, 3.05) is 43.1 Å². The summed E-state index contributed by atoms with van der Waals surface area (Å²) in [6, 6.07) is 7.11. The van der Waals surface area contributed by atoms with Gasteiger partial charge in [0.05, 0.1) is 31.0 Å². The van der Waals surface area contributed by atoms with E-state index in [1.165, 1.54) is 0 Å². The second kappa shape index (κ2) is 10.9. The molecule has 0 radical (unpaired) electrons. The van der Waals surface area contributed by atoms with E-state index in [0.717, 1.165) is 29.2 Å². The fourth-order valence-electron chi connectivity index (χ4n) is 4.66. The normalized spacial score (nSPS) is 19.7. The van der Waals surface area contributed by atoms with Crippen molar-refractivity contribution in [3.05, 3.63) is 35.5 Å². The number of rotatable bonds is 4. The van der Waals surface area contributed by atoms with E-state index < -0.39 is 5.60 Å². The van der Waals surface area contributed by atoms with Crippen molar-refractivity contribution in [1.82, 2.24) is 20.2 Å². The van der Waals surface area contributed by atoms with Gasteiger partial charge in [0.15, 0.2) is 5.82 Å². The molecule has 1 saturated heterocycles. The first-order valence-electron chi connectivity index (χ1n) is 13.0. The van der Waals surface area contributed by atoms with E-state index >= 15 is 0 Å². The van der Waals surface area contributed by atoms with Crippen LogP contribution < -0.4 is 15.5 Å². The van der Waals surface area contributed by atoms with E-state index in [1.807, 2.05) is 58.9 Å². The summed E-state index contributed by atoms with van der Waals surface area (Å²) in [7, 11) is 0. The number of carbonyl (C=O) groups excluding carboxylic acids is 2. The first kappa shape index (κ1) is 26.7. The number of aromatic nitrogens is 2. The molecule has 2 aromatic rings. The standard InChI is InChI=1S/C27H38N6O4/c1-7-28-25(34)29-20-10-8-19(9-11-20)23-30-22-18(3)33(26(35)37-27(4,5)6)13-12-21(22)24(31-23)32-14-15-36-16-17(32)2/h8-11,17-18H,7,12-16H2,1-6H3,(H2,28,29,34)/t17-,18+/m0/s1. The Morgan fingerprint density at radius 3 is 2.51 bits per heavy atom. The summed E-state index contributed by atoms with van der Waals surface area (Å²) in [4.78, 5) is 38.9. The molecule has 2 N–H and O–H groups in total. The molecule has 10 nitrogen and oxygen atoms in total. The van der Waals surface area contributed by atoms with Crippen molar-refractivity contribution in [3.8, 4) is 11.4 Å². The molecular weight excluding hydrogens is 472 g/mol. The van der Waals surface area contributed by atoms with Gasteiger partial charge in [-0.15, -0.1) is 0 Å². The Morgan fingerprint density at radius 2 is 1.86 bits per heavy atom. The highest BCUT2D eigenvalue weighted by atomic mass is 16.6. The van der Waals surface area contributed by atoms with Crippen molar-refractivity contribution < 1.29 is 19.1 Å². The number of fused-ring (bicyclic) bond motifs is 1. The minimum Gasteiger partial charge on any atom is -0.444 e. The highest BCUT2D eigenvalue weighted by molar-refractivity contribution is 5.89. The number of anilines is 2. The second-order valence-corrected chi connectivity index (χ2v) is 10.5. The van der Waals surface area contributed by atoms with Crippen molar-refractivity contribution in [3.63, 3.8) is 0 Å². The number of urea groups is 1. The van der Waals surface area contributed by atoms with E-state index in [1.54, 1.807) is 4.90 Å². The van der Waals surface area contributed by atoms with Crippen LogP contribution in [-0.2, 0) is 15.9 Å². The lowest BCUT2D eigenvalue weighted by Crippen LogP contribution is -2.46. The third kappa shape index (κ3) is 6.12. The average molecular weight is 511 g/mol. The zero-order valence-electron chi connectivity index (χ0n) is 22.6. The van der Waals surface area contributed by atoms with Crippen LogP contribution in [0.5, 0.6) is 0 Å². The van der Waals surface area contributed by atoms with Crippen LogP contribution in [0.2, 0.25) is 0 Å². The van der Waals surface area contributed by atoms with E-state index in [9.17, 15) is 9.59 Å². The molecule has 4 rings (SSSR count). The highest BCUT2D eigenvalue weighted by Gasteiger charge is 2.36. The van der Waals surface area contributed by atoms with Crippen molar-refractivity contribution >= 4 is 23.6 Å². The number of ether oxygens (including phenoxy) is 2. The van der Waals surface area contributed by atoms with Crippen LogP contribution in [0.1, 0.15) is 58.8 Å². The predicted octanol–water partition coefficient (Wildman–Crippen LogP) is 4.36. The first-order chi connectivity index (χ1) is 17.6. The molecule has 0 bridgehead atoms. The van der Waals surface area contributed by atoms with Gasteiger partial charge in [-0.2, -0.15) is 0 Å². The summed E-state index contributed by atoms with van der Waals surface area (Å²) in [6.07, 6.45) is 0.307. The zero-order chi connectivity index (χ0) is 26.7. The molecule has 3 heterocycles. The smallest absolute Gasteiger partial charge is 0.410 e. The molecule has 0 saturated carbocycles. The lowest BCUT2D eigenvalue weighted by molar-refractivity contribution is 0.0154. The molecule has 10 heteroatoms. The van der Waals surface area contributed by atoms with Crippen LogP contribution in [0.3, 0.4) is 0 Å². The molecule has 1 aromatic carbocycles. The molecule has 2 aliphatic heterocycles. The van der Waals surface area contributed by atoms with Gasteiger partial charge in [-0.25, -0.2) is 19.6 Å². The Labute approximate surface area is 218 Å². The minimum atomic E-state index is -0.577. The molecule has 3 amide bonds. The first-order valence-corrected chi connectivity index (χ1v) is 13.0. The van der Waals surface area contributed by atoms with Gasteiger partial charge < -0.3 is 25.0 Å². The third-order valence-corrected chi connectivity index (χ3v) is 6.49. The van der Waals surface area contributed by atoms with Gasteiger partial charge in [-0.1, -0.05) is 0 Å². The second-order valence-electron chi connectivity index (χ2n) is 10.5. The van der Waals surface area contributed by atoms with Crippen LogP contribution in [0.25, 0.3) is 11.4 Å². The Balaban J connectivity index is 1.71. The molecule has 1 fully saturated rings. The van der Waals surface area contributed by atoms with E-state index in [0.29, 0.717) is 44.2 Å². The molecule has 0 spiro atoms. The number of morpholine rings is 1. The summed E-state index contributed by atoms with van der Waals surface area (Å²) in [5.41, 5.74) is 2.83. The van der Waals surface area contributed by atoms with Gasteiger partial charge in [-0.3, -0.25) is 4.90 Å². The van der Waals surface area contributed by atoms with Gasteiger partial charge in [-0.05, 0) is 72.2 Å². The maximum Gasteiger partial charge on any atom is 0.410 e. The fourth-order valence-corrected chi connectivity index (χ4v) is 4.66. The lowest BCUT2D eigenvalue weighted by Gasteiger charge is -2.40. The lowest BCUT2D eigenvalue weighted by atomic mass is 9.98. The van der Waals surface area contributed by atoms with Crippen LogP contribution >= 0.6 is 0 Å². The van der Waals surface area contributed by atoms with Crippen molar-refractivity contribution in [2.45, 2.75) is 65.6 Å². The summed E-state index contributed by atoms with van der Waals surface area (Å²) < 4.78 is 11.4. The third-order valence-electron chi connectivity index (χ3n) is 6.49. The molecule has 2 aliphatic rings. The number of hydrogen-bond donors (Lipinski definition) is 2. The number of nitrogens with zero attached hydrogens (tertiary/aromatic N) is 4. The van der Waals surface area contributed by atoms with E-state index in [2.05, 4.69) is 22.5 Å². The molecule has 0 unspecified atom stereocenters. The quantitative estimate of drug-likeness (QED) is 0.629. The Kier molecular flexibility index (Phi) is 7.87. The molecule has 0 aliphatic carbocycles. The molecule has 2 atom stereocenters. The highest BCUT2D eigenvalue weighted by Crippen LogP contribution is 2.37. The van der Waals surface area contributed by atoms with Crippen LogP contribution in [0.4, 0.5) is 21.1 Å². The van der Waals surface area contributed by atoms with Crippen molar-refractivity contribution in [2.24, 2.45) is 0 Å². The van der Waals surface area contributed by atoms with Crippen LogP contribution in [0, 0.1) is 0 Å². The summed E-state index contributed by atoms with van der Waals surface area (Å²) in [5, 5.41) is 5.53. The number of amides is 3. The maximum atomic E-state index is 13.0. The predicted molar refractivity (Wildman–Crippen MR) is 143 cm³/mol. The van der Waals surface area contributed by atoms with Gasteiger partial charge in [0.25, 0.3) is 0 Å².